The van der Waals surface area contributed by atoms with Crippen LogP contribution in [0.5, 0.6) is 6.01 Å². The van der Waals surface area contributed by atoms with Crippen LogP contribution in [-0.2, 0) is 9.47 Å². The van der Waals surface area contributed by atoms with Crippen LogP contribution < -0.4 is 9.64 Å². The van der Waals surface area contributed by atoms with Crippen molar-refractivity contribution in [1.82, 2.24) is 24.6 Å². The van der Waals surface area contributed by atoms with Gasteiger partial charge in [-0.05, 0) is 50.1 Å². The number of ether oxygens (including phenoxy) is 3. The van der Waals surface area contributed by atoms with Gasteiger partial charge in [0, 0.05) is 37.0 Å². The van der Waals surface area contributed by atoms with Gasteiger partial charge in [-0.2, -0.15) is 15.1 Å². The third-order valence-electron chi connectivity index (χ3n) is 7.71. The molecule has 3 atom stereocenters. The topological polar surface area (TPSA) is 77.8 Å². The number of methoxy groups -OCH3 is 1. The maximum absolute atomic E-state index is 15.5. The summed E-state index contributed by atoms with van der Waals surface area (Å²) in [5, 5.41) is 5.65. The van der Waals surface area contributed by atoms with E-state index in [1.807, 2.05) is 16.9 Å². The summed E-state index contributed by atoms with van der Waals surface area (Å²) < 4.78 is 33.7. The fourth-order valence-electron chi connectivity index (χ4n) is 5.62. The highest BCUT2D eigenvalue weighted by Crippen LogP contribution is 2.36. The van der Waals surface area contributed by atoms with Crippen molar-refractivity contribution in [1.29, 1.82) is 0 Å². The smallest absolute Gasteiger partial charge is 0.320 e. The lowest BCUT2D eigenvalue weighted by atomic mass is 9.84. The number of benzene rings is 1. The second-order valence-electron chi connectivity index (χ2n) is 10.1. The molecule has 0 amide bonds. The zero-order valence-corrected chi connectivity index (χ0v) is 21.1. The molecule has 3 aliphatic rings. The van der Waals surface area contributed by atoms with Crippen LogP contribution in [0.25, 0.3) is 16.7 Å². The first-order chi connectivity index (χ1) is 17.5. The minimum absolute atomic E-state index is 0.121. The molecule has 36 heavy (non-hydrogen) atoms. The summed E-state index contributed by atoms with van der Waals surface area (Å²) in [6, 6.07) is 6.79. The van der Waals surface area contributed by atoms with E-state index in [2.05, 4.69) is 50.8 Å². The molecule has 3 aromatic rings. The van der Waals surface area contributed by atoms with E-state index in [9.17, 15) is 0 Å². The molecule has 0 N–H and O–H groups in total. The number of halogens is 1. The molecule has 3 saturated heterocycles. The van der Waals surface area contributed by atoms with Crippen LogP contribution in [0.4, 0.5) is 10.2 Å². The van der Waals surface area contributed by atoms with Gasteiger partial charge in [-0.25, -0.2) is 9.07 Å². The van der Waals surface area contributed by atoms with Crippen LogP contribution in [0.15, 0.2) is 24.4 Å². The summed E-state index contributed by atoms with van der Waals surface area (Å²) in [4.78, 5) is 13.6. The highest BCUT2D eigenvalue weighted by Gasteiger charge is 2.36. The molecule has 0 bridgehead atoms. The van der Waals surface area contributed by atoms with Gasteiger partial charge in [-0.3, -0.25) is 4.90 Å². The normalized spacial score (nSPS) is 25.8. The zero-order chi connectivity index (χ0) is 24.8. The van der Waals surface area contributed by atoms with Gasteiger partial charge in [0.2, 0.25) is 0 Å². The highest BCUT2D eigenvalue weighted by molar-refractivity contribution is 5.82. The second kappa shape index (κ2) is 9.57. The Kier molecular flexibility index (Phi) is 6.27. The molecule has 6 rings (SSSR count). The SMILES string of the molecule is COc1nc(N2CCOC(C)C2)cc(-n2ncc3cc(C)c([C@H]4CCN(C5COC5)C[C@H]4F)cc32)n1. The molecule has 1 aromatic carbocycles. The maximum atomic E-state index is 15.5. The number of piperidine rings is 1. The lowest BCUT2D eigenvalue weighted by molar-refractivity contribution is -0.0807. The molecule has 5 heterocycles. The summed E-state index contributed by atoms with van der Waals surface area (Å²) in [7, 11) is 1.57. The predicted molar refractivity (Wildman–Crippen MR) is 134 cm³/mol. The summed E-state index contributed by atoms with van der Waals surface area (Å²) in [5.74, 6) is 1.26. The first-order valence-electron chi connectivity index (χ1n) is 12.7. The monoisotopic (exact) mass is 496 g/mol. The van der Waals surface area contributed by atoms with Gasteiger partial charge < -0.3 is 19.1 Å². The Labute approximate surface area is 210 Å². The highest BCUT2D eigenvalue weighted by atomic mass is 19.1. The molecular formula is C26H33FN6O3. The molecule has 9 nitrogen and oxygen atoms in total. The molecular weight excluding hydrogens is 463 g/mol. The van der Waals surface area contributed by atoms with Gasteiger partial charge in [0.25, 0.3) is 0 Å². The molecule has 3 fully saturated rings. The molecule has 10 heteroatoms. The number of aryl methyl sites for hydroxylation is 1. The summed E-state index contributed by atoms with van der Waals surface area (Å²) in [6.45, 7) is 9.04. The fourth-order valence-corrected chi connectivity index (χ4v) is 5.62. The Balaban J connectivity index is 1.34. The summed E-state index contributed by atoms with van der Waals surface area (Å²) in [6.07, 6.45) is 1.83. The van der Waals surface area contributed by atoms with Crippen molar-refractivity contribution in [3.63, 3.8) is 0 Å². The lowest BCUT2D eigenvalue weighted by Gasteiger charge is -2.43. The van der Waals surface area contributed by atoms with Crippen molar-refractivity contribution in [2.24, 2.45) is 0 Å². The third-order valence-corrected chi connectivity index (χ3v) is 7.71. The second-order valence-corrected chi connectivity index (χ2v) is 10.1. The molecule has 3 aliphatic heterocycles. The predicted octanol–water partition coefficient (Wildman–Crippen LogP) is 2.88. The van der Waals surface area contributed by atoms with Crippen molar-refractivity contribution < 1.29 is 18.6 Å². The van der Waals surface area contributed by atoms with Gasteiger partial charge >= 0.3 is 6.01 Å². The molecule has 192 valence electrons. The van der Waals surface area contributed by atoms with Crippen LogP contribution in [0.1, 0.15) is 30.4 Å². The number of likely N-dealkylation sites (tertiary alicyclic amines) is 1. The van der Waals surface area contributed by atoms with Crippen molar-refractivity contribution in [3.8, 4) is 11.8 Å². The number of alkyl halides is 1. The average Bonchev–Trinajstić information content (AvgIpc) is 3.25. The first-order valence-corrected chi connectivity index (χ1v) is 12.7. The fraction of sp³-hybridized carbons (Fsp3) is 0.577. The number of morpholine rings is 1. The minimum atomic E-state index is -0.916. The van der Waals surface area contributed by atoms with Gasteiger partial charge in [-0.1, -0.05) is 0 Å². The zero-order valence-electron chi connectivity index (χ0n) is 21.1. The van der Waals surface area contributed by atoms with E-state index in [0.29, 0.717) is 25.0 Å². The van der Waals surface area contributed by atoms with Gasteiger partial charge in [0.1, 0.15) is 12.0 Å². The largest absolute Gasteiger partial charge is 0.467 e. The van der Waals surface area contributed by atoms with Gasteiger partial charge in [0.15, 0.2) is 5.82 Å². The standard InChI is InChI=1S/C26H33FN6O3/c1-16-8-18-11-28-33(25-10-24(29-26(30-25)34-3)32-6-7-36-17(2)12-32)23(18)9-21(16)20-4-5-31(13-22(20)27)19-14-35-15-19/h8-11,17,19-20,22H,4-7,12-15H2,1-3H3/t17?,20-,22-/m1/s1. The Morgan fingerprint density at radius 2 is 1.92 bits per heavy atom. The number of hydrogen-bond donors (Lipinski definition) is 0. The number of nitrogens with zero attached hydrogens (tertiary/aromatic N) is 6. The van der Waals surface area contributed by atoms with E-state index in [0.717, 1.165) is 67.1 Å². The number of hydrogen-bond acceptors (Lipinski definition) is 8. The summed E-state index contributed by atoms with van der Waals surface area (Å²) >= 11 is 0. The Hall–Kier alpha value is -2.82. The third kappa shape index (κ3) is 4.31. The van der Waals surface area contributed by atoms with Crippen molar-refractivity contribution >= 4 is 16.7 Å². The van der Waals surface area contributed by atoms with Crippen molar-refractivity contribution in [2.45, 2.75) is 44.5 Å². The average molecular weight is 497 g/mol. The molecule has 0 saturated carbocycles. The van der Waals surface area contributed by atoms with Crippen molar-refractivity contribution in [2.75, 3.05) is 58.0 Å². The molecule has 0 radical (unpaired) electrons. The Bertz CT molecular complexity index is 1250. The quantitative estimate of drug-likeness (QED) is 0.534. The van der Waals surface area contributed by atoms with Crippen LogP contribution >= 0.6 is 0 Å². The Morgan fingerprint density at radius 3 is 2.64 bits per heavy atom. The van der Waals surface area contributed by atoms with Crippen LogP contribution in [-0.4, -0.2) is 96.1 Å². The van der Waals surface area contributed by atoms with Crippen LogP contribution in [0.3, 0.4) is 0 Å². The van der Waals surface area contributed by atoms with E-state index >= 15 is 4.39 Å². The van der Waals surface area contributed by atoms with Gasteiger partial charge in [-0.15, -0.1) is 0 Å². The van der Waals surface area contributed by atoms with E-state index in [4.69, 9.17) is 14.2 Å². The molecule has 1 unspecified atom stereocenters. The van der Waals surface area contributed by atoms with E-state index in [1.165, 1.54) is 0 Å². The first kappa shape index (κ1) is 23.6. The number of anilines is 1. The molecule has 2 aromatic heterocycles. The van der Waals surface area contributed by atoms with Crippen LogP contribution in [0, 0.1) is 6.92 Å². The maximum Gasteiger partial charge on any atom is 0.320 e. The van der Waals surface area contributed by atoms with E-state index < -0.39 is 6.17 Å². The van der Waals surface area contributed by atoms with Crippen molar-refractivity contribution in [3.05, 3.63) is 35.5 Å². The number of rotatable bonds is 5. The molecule has 0 spiro atoms. The lowest BCUT2D eigenvalue weighted by Crippen LogP contribution is -2.54. The van der Waals surface area contributed by atoms with E-state index in [1.54, 1.807) is 7.11 Å². The molecule has 0 aliphatic carbocycles. The summed E-state index contributed by atoms with van der Waals surface area (Å²) in [5.41, 5.74) is 3.04. The van der Waals surface area contributed by atoms with Crippen LogP contribution in [0.2, 0.25) is 0 Å². The number of fused-ring (bicyclic) bond motifs is 1. The Morgan fingerprint density at radius 1 is 1.08 bits per heavy atom. The number of aromatic nitrogens is 4. The minimum Gasteiger partial charge on any atom is -0.467 e. The van der Waals surface area contributed by atoms with Gasteiger partial charge in [0.05, 0.1) is 50.8 Å². The van der Waals surface area contributed by atoms with E-state index in [-0.39, 0.29) is 18.0 Å².